The first-order valence-corrected chi connectivity index (χ1v) is 6.58. The number of aliphatic carboxylic acids is 2. The molecule has 0 aliphatic heterocycles. The van der Waals surface area contributed by atoms with Crippen LogP contribution >= 0.6 is 0 Å². The number of alkyl carbamates (subject to hydrolysis) is 1. The lowest BCUT2D eigenvalue weighted by molar-refractivity contribution is -0.141. The topological polar surface area (TPSA) is 116 Å². The molecule has 120 valence electrons. The van der Waals surface area contributed by atoms with Crippen LogP contribution in [0.2, 0.25) is 0 Å². The number of carbonyl (C=O) groups is 3. The van der Waals surface area contributed by atoms with Crippen molar-refractivity contribution in [2.45, 2.75) is 6.61 Å². The van der Waals surface area contributed by atoms with Crippen LogP contribution in [0.15, 0.2) is 30.3 Å². The molecule has 0 aromatic heterocycles. The molecule has 0 aliphatic carbocycles. The molecule has 22 heavy (non-hydrogen) atoms. The van der Waals surface area contributed by atoms with Gasteiger partial charge in [-0.2, -0.15) is 0 Å². The number of nitrogens with one attached hydrogen (secondary N) is 1. The minimum atomic E-state index is -1.13. The molecule has 1 aromatic carbocycles. The molecule has 8 heteroatoms. The van der Waals surface area contributed by atoms with Crippen molar-refractivity contribution in [3.05, 3.63) is 35.9 Å². The second-order valence-electron chi connectivity index (χ2n) is 4.49. The van der Waals surface area contributed by atoms with Gasteiger partial charge in [-0.15, -0.1) is 0 Å². The molecule has 8 nitrogen and oxygen atoms in total. The molecular weight excluding hydrogens is 292 g/mol. The van der Waals surface area contributed by atoms with Gasteiger partial charge < -0.3 is 20.3 Å². The summed E-state index contributed by atoms with van der Waals surface area (Å²) < 4.78 is 4.97. The van der Waals surface area contributed by atoms with Gasteiger partial charge in [0.25, 0.3) is 0 Å². The lowest BCUT2D eigenvalue weighted by atomic mass is 10.2. The molecule has 0 radical (unpaired) electrons. The van der Waals surface area contributed by atoms with Crippen molar-refractivity contribution in [1.82, 2.24) is 10.2 Å². The first kappa shape index (κ1) is 17.4. The van der Waals surface area contributed by atoms with Crippen molar-refractivity contribution in [3.63, 3.8) is 0 Å². The molecule has 0 unspecified atom stereocenters. The largest absolute Gasteiger partial charge is 0.480 e. The summed E-state index contributed by atoms with van der Waals surface area (Å²) >= 11 is 0. The van der Waals surface area contributed by atoms with E-state index in [0.717, 1.165) is 5.56 Å². The molecule has 0 saturated heterocycles. The lowest BCUT2D eigenvalue weighted by Crippen LogP contribution is -2.40. The van der Waals surface area contributed by atoms with E-state index in [1.807, 2.05) is 30.3 Å². The van der Waals surface area contributed by atoms with Crippen molar-refractivity contribution in [2.24, 2.45) is 0 Å². The number of hydrogen-bond acceptors (Lipinski definition) is 5. The molecule has 0 atom stereocenters. The fraction of sp³-hybridized carbons (Fsp3) is 0.357. The SMILES string of the molecule is O=C(O)CN(CCNC(=O)OCc1ccccc1)CC(=O)O. The number of carbonyl (C=O) groups excluding carboxylic acids is 1. The standard InChI is InChI=1S/C14H18N2O6/c17-12(18)8-16(9-13(19)20)7-6-15-14(21)22-10-11-4-2-1-3-5-11/h1-5H,6-10H2,(H,15,21)(H,17,18)(H,19,20). The number of hydrogen-bond donors (Lipinski definition) is 3. The number of carboxylic acid groups (broad SMARTS) is 2. The molecule has 0 heterocycles. The van der Waals surface area contributed by atoms with Gasteiger partial charge in [0.15, 0.2) is 0 Å². The van der Waals surface area contributed by atoms with Crippen LogP contribution in [0.25, 0.3) is 0 Å². The lowest BCUT2D eigenvalue weighted by Gasteiger charge is -2.17. The fourth-order valence-electron chi connectivity index (χ4n) is 1.69. The molecule has 1 aromatic rings. The zero-order valence-electron chi connectivity index (χ0n) is 11.9. The normalized spacial score (nSPS) is 10.2. The Morgan fingerprint density at radius 2 is 1.64 bits per heavy atom. The zero-order valence-corrected chi connectivity index (χ0v) is 11.9. The van der Waals surface area contributed by atoms with Crippen LogP contribution in [-0.2, 0) is 20.9 Å². The predicted octanol–water partition coefficient (Wildman–Crippen LogP) is 0.384. The molecule has 0 fully saturated rings. The van der Waals surface area contributed by atoms with E-state index < -0.39 is 31.1 Å². The molecular formula is C14H18N2O6. The summed E-state index contributed by atoms with van der Waals surface area (Å²) in [5, 5.41) is 19.8. The van der Waals surface area contributed by atoms with E-state index in [-0.39, 0.29) is 19.7 Å². The Balaban J connectivity index is 2.27. The Labute approximate surface area is 127 Å². The van der Waals surface area contributed by atoms with Crippen molar-refractivity contribution in [2.75, 3.05) is 26.2 Å². The summed E-state index contributed by atoms with van der Waals surface area (Å²) in [6.45, 7) is -0.506. The van der Waals surface area contributed by atoms with E-state index in [1.54, 1.807) is 0 Å². The van der Waals surface area contributed by atoms with Crippen LogP contribution in [0.4, 0.5) is 4.79 Å². The highest BCUT2D eigenvalue weighted by molar-refractivity contribution is 5.72. The third kappa shape index (κ3) is 7.85. The van der Waals surface area contributed by atoms with Gasteiger partial charge in [-0.05, 0) is 5.56 Å². The molecule has 1 amide bonds. The molecule has 0 spiro atoms. The average molecular weight is 310 g/mol. The van der Waals surface area contributed by atoms with E-state index >= 15 is 0 Å². The van der Waals surface area contributed by atoms with Crippen LogP contribution in [-0.4, -0.2) is 59.3 Å². The zero-order chi connectivity index (χ0) is 16.4. The van der Waals surface area contributed by atoms with Crippen LogP contribution in [0.1, 0.15) is 5.56 Å². The van der Waals surface area contributed by atoms with Crippen molar-refractivity contribution in [3.8, 4) is 0 Å². The Morgan fingerprint density at radius 1 is 1.05 bits per heavy atom. The third-order valence-electron chi connectivity index (χ3n) is 2.63. The number of nitrogens with zero attached hydrogens (tertiary/aromatic N) is 1. The van der Waals surface area contributed by atoms with Gasteiger partial charge in [0, 0.05) is 13.1 Å². The highest BCUT2D eigenvalue weighted by atomic mass is 16.5. The maximum atomic E-state index is 11.5. The highest BCUT2D eigenvalue weighted by Gasteiger charge is 2.13. The van der Waals surface area contributed by atoms with Crippen molar-refractivity contribution < 1.29 is 29.3 Å². The second-order valence-corrected chi connectivity index (χ2v) is 4.49. The van der Waals surface area contributed by atoms with Gasteiger partial charge in [0.05, 0.1) is 13.1 Å². The fourth-order valence-corrected chi connectivity index (χ4v) is 1.69. The summed E-state index contributed by atoms with van der Waals surface area (Å²) in [5.41, 5.74) is 0.844. The van der Waals surface area contributed by atoms with Gasteiger partial charge in [-0.3, -0.25) is 14.5 Å². The molecule has 3 N–H and O–H groups in total. The molecule has 1 rings (SSSR count). The number of rotatable bonds is 9. The summed E-state index contributed by atoms with van der Waals surface area (Å²) in [5.74, 6) is -2.26. The number of amides is 1. The maximum Gasteiger partial charge on any atom is 0.407 e. The predicted molar refractivity (Wildman–Crippen MR) is 76.3 cm³/mol. The monoisotopic (exact) mass is 310 g/mol. The van der Waals surface area contributed by atoms with Crippen LogP contribution in [0.3, 0.4) is 0 Å². The van der Waals surface area contributed by atoms with Crippen molar-refractivity contribution in [1.29, 1.82) is 0 Å². The van der Waals surface area contributed by atoms with E-state index in [2.05, 4.69) is 5.32 Å². The smallest absolute Gasteiger partial charge is 0.407 e. The van der Waals surface area contributed by atoms with Crippen LogP contribution in [0.5, 0.6) is 0 Å². The van der Waals surface area contributed by atoms with E-state index in [9.17, 15) is 14.4 Å². The number of benzene rings is 1. The Hall–Kier alpha value is -2.61. The minimum Gasteiger partial charge on any atom is -0.480 e. The summed E-state index contributed by atoms with van der Waals surface area (Å²) in [4.78, 5) is 33.9. The van der Waals surface area contributed by atoms with Crippen LogP contribution in [0, 0.1) is 0 Å². The Kier molecular flexibility index (Phi) is 7.41. The van der Waals surface area contributed by atoms with Gasteiger partial charge in [-0.25, -0.2) is 4.79 Å². The Bertz CT molecular complexity index is 489. The summed E-state index contributed by atoms with van der Waals surface area (Å²) in [6.07, 6.45) is -0.644. The third-order valence-corrected chi connectivity index (χ3v) is 2.63. The van der Waals surface area contributed by atoms with Gasteiger partial charge in [-0.1, -0.05) is 30.3 Å². The minimum absolute atomic E-state index is 0.0915. The van der Waals surface area contributed by atoms with Crippen molar-refractivity contribution >= 4 is 18.0 Å². The molecule has 0 saturated carbocycles. The number of carboxylic acids is 2. The first-order chi connectivity index (χ1) is 10.5. The van der Waals surface area contributed by atoms with E-state index in [1.165, 1.54) is 4.90 Å². The quantitative estimate of drug-likeness (QED) is 0.604. The average Bonchev–Trinajstić information content (AvgIpc) is 2.45. The highest BCUT2D eigenvalue weighted by Crippen LogP contribution is 2.00. The molecule has 0 bridgehead atoms. The second kappa shape index (κ2) is 9.35. The number of ether oxygens (including phenoxy) is 1. The van der Waals surface area contributed by atoms with Gasteiger partial charge in [0.2, 0.25) is 0 Å². The van der Waals surface area contributed by atoms with Gasteiger partial charge in [0.1, 0.15) is 6.61 Å². The van der Waals surface area contributed by atoms with Crippen LogP contribution < -0.4 is 5.32 Å². The maximum absolute atomic E-state index is 11.5. The van der Waals surface area contributed by atoms with Gasteiger partial charge >= 0.3 is 18.0 Å². The van der Waals surface area contributed by atoms with E-state index in [4.69, 9.17) is 14.9 Å². The first-order valence-electron chi connectivity index (χ1n) is 6.58. The summed E-state index contributed by atoms with van der Waals surface area (Å²) in [6, 6.07) is 9.13. The molecule has 0 aliphatic rings. The Morgan fingerprint density at radius 3 is 2.18 bits per heavy atom. The summed E-state index contributed by atoms with van der Waals surface area (Å²) in [7, 11) is 0. The van der Waals surface area contributed by atoms with E-state index in [0.29, 0.717) is 0 Å².